The van der Waals surface area contributed by atoms with Crippen molar-refractivity contribution in [1.29, 1.82) is 0 Å². The monoisotopic (exact) mass is 407 g/mol. The number of amides is 1. The molecule has 1 saturated carbocycles. The Hall–Kier alpha value is -1.41. The van der Waals surface area contributed by atoms with Crippen molar-refractivity contribution in [2.24, 2.45) is 5.92 Å². The predicted octanol–water partition coefficient (Wildman–Crippen LogP) is 5.29. The molecular weight excluding hydrogens is 394 g/mol. The SMILES string of the molecule is O=C(Nc1nnc(SCc2cccs2)s1)C1CC1c1cccc(Cl)c1. The number of carbonyl (C=O) groups excluding carboxylic acids is 1. The second-order valence-corrected chi connectivity index (χ2v) is 9.40. The van der Waals surface area contributed by atoms with Crippen LogP contribution in [0.1, 0.15) is 22.8 Å². The second kappa shape index (κ2) is 7.45. The smallest absolute Gasteiger partial charge is 0.229 e. The highest BCUT2D eigenvalue weighted by Crippen LogP contribution is 2.48. The number of anilines is 1. The largest absolute Gasteiger partial charge is 0.300 e. The Morgan fingerprint density at radius 3 is 3.04 bits per heavy atom. The normalized spacial score (nSPS) is 18.9. The number of nitrogens with one attached hydrogen (secondary N) is 1. The number of thioether (sulfide) groups is 1. The highest BCUT2D eigenvalue weighted by Gasteiger charge is 2.44. The van der Waals surface area contributed by atoms with Crippen LogP contribution in [-0.2, 0) is 10.5 Å². The van der Waals surface area contributed by atoms with E-state index in [9.17, 15) is 4.79 Å². The van der Waals surface area contributed by atoms with Gasteiger partial charge in [0.1, 0.15) is 0 Å². The van der Waals surface area contributed by atoms with Crippen molar-refractivity contribution in [2.45, 2.75) is 22.4 Å². The van der Waals surface area contributed by atoms with Crippen LogP contribution in [0.15, 0.2) is 46.1 Å². The first-order chi connectivity index (χ1) is 12.2. The molecule has 0 spiro atoms. The van der Waals surface area contributed by atoms with E-state index in [1.54, 1.807) is 23.1 Å². The van der Waals surface area contributed by atoms with E-state index in [1.165, 1.54) is 16.2 Å². The fourth-order valence-electron chi connectivity index (χ4n) is 2.63. The molecule has 1 N–H and O–H groups in total. The maximum Gasteiger partial charge on any atom is 0.229 e. The zero-order valence-electron chi connectivity index (χ0n) is 13.0. The van der Waals surface area contributed by atoms with Crippen LogP contribution in [0.5, 0.6) is 0 Å². The van der Waals surface area contributed by atoms with Crippen molar-refractivity contribution in [1.82, 2.24) is 10.2 Å². The first-order valence-electron chi connectivity index (χ1n) is 7.74. The zero-order valence-corrected chi connectivity index (χ0v) is 16.2. The standard InChI is InChI=1S/C17H14ClN3OS3/c18-11-4-1-3-10(7-11)13-8-14(13)15(22)19-16-20-21-17(25-16)24-9-12-5-2-6-23-12/h1-7,13-14H,8-9H2,(H,19,20,22). The number of halogens is 1. The van der Waals surface area contributed by atoms with E-state index in [4.69, 9.17) is 11.6 Å². The Morgan fingerprint density at radius 2 is 2.24 bits per heavy atom. The summed E-state index contributed by atoms with van der Waals surface area (Å²) in [6.45, 7) is 0. The van der Waals surface area contributed by atoms with Gasteiger partial charge in [-0.1, -0.05) is 52.9 Å². The van der Waals surface area contributed by atoms with Crippen molar-refractivity contribution in [3.05, 3.63) is 57.2 Å². The molecule has 0 saturated heterocycles. The van der Waals surface area contributed by atoms with E-state index in [-0.39, 0.29) is 17.7 Å². The average molecular weight is 408 g/mol. The molecule has 1 amide bonds. The summed E-state index contributed by atoms with van der Waals surface area (Å²) in [5.74, 6) is 1.12. The number of carbonyl (C=O) groups is 1. The van der Waals surface area contributed by atoms with Gasteiger partial charge in [0.2, 0.25) is 11.0 Å². The van der Waals surface area contributed by atoms with Crippen molar-refractivity contribution in [2.75, 3.05) is 5.32 Å². The number of rotatable bonds is 6. The van der Waals surface area contributed by atoms with Gasteiger partial charge < -0.3 is 5.32 Å². The van der Waals surface area contributed by atoms with Crippen LogP contribution < -0.4 is 5.32 Å². The molecule has 0 radical (unpaired) electrons. The van der Waals surface area contributed by atoms with Crippen LogP contribution in [0.25, 0.3) is 0 Å². The number of nitrogens with zero attached hydrogens (tertiary/aromatic N) is 2. The minimum atomic E-state index is -0.00964. The molecular formula is C17H14ClN3OS3. The summed E-state index contributed by atoms with van der Waals surface area (Å²) in [5.41, 5.74) is 1.12. The lowest BCUT2D eigenvalue weighted by Crippen LogP contribution is -2.14. The molecule has 25 heavy (non-hydrogen) atoms. The van der Waals surface area contributed by atoms with E-state index in [0.29, 0.717) is 10.2 Å². The van der Waals surface area contributed by atoms with Gasteiger partial charge in [0.25, 0.3) is 0 Å². The molecule has 0 bridgehead atoms. The van der Waals surface area contributed by atoms with Crippen LogP contribution in [0, 0.1) is 5.92 Å². The van der Waals surface area contributed by atoms with Gasteiger partial charge in [-0.3, -0.25) is 4.79 Å². The Balaban J connectivity index is 1.31. The summed E-state index contributed by atoms with van der Waals surface area (Å²) in [5, 5.41) is 14.4. The van der Waals surface area contributed by atoms with Gasteiger partial charge >= 0.3 is 0 Å². The van der Waals surface area contributed by atoms with E-state index in [1.807, 2.05) is 30.3 Å². The van der Waals surface area contributed by atoms with Crippen LogP contribution in [-0.4, -0.2) is 16.1 Å². The first-order valence-corrected chi connectivity index (χ1v) is 10.8. The van der Waals surface area contributed by atoms with Gasteiger partial charge in [0.15, 0.2) is 4.34 Å². The molecule has 128 valence electrons. The highest BCUT2D eigenvalue weighted by molar-refractivity contribution is 8.00. The fourth-order valence-corrected chi connectivity index (χ4v) is 5.36. The third-order valence-electron chi connectivity index (χ3n) is 3.96. The minimum absolute atomic E-state index is 0.00964. The Bertz CT molecular complexity index is 881. The molecule has 2 unspecified atom stereocenters. The van der Waals surface area contributed by atoms with E-state index >= 15 is 0 Å². The second-order valence-electron chi connectivity index (χ2n) is 5.73. The summed E-state index contributed by atoms with van der Waals surface area (Å²) in [6, 6.07) is 11.9. The summed E-state index contributed by atoms with van der Waals surface area (Å²) >= 11 is 10.8. The van der Waals surface area contributed by atoms with Crippen LogP contribution in [0.3, 0.4) is 0 Å². The molecule has 0 aliphatic heterocycles. The molecule has 4 nitrogen and oxygen atoms in total. The lowest BCUT2D eigenvalue weighted by Gasteiger charge is -2.01. The predicted molar refractivity (Wildman–Crippen MR) is 105 cm³/mol. The van der Waals surface area contributed by atoms with Gasteiger partial charge in [-0.05, 0) is 41.5 Å². The molecule has 1 aliphatic carbocycles. The fraction of sp³-hybridized carbons (Fsp3) is 0.235. The van der Waals surface area contributed by atoms with Crippen LogP contribution in [0.4, 0.5) is 5.13 Å². The molecule has 1 fully saturated rings. The molecule has 1 aliphatic rings. The van der Waals surface area contributed by atoms with Gasteiger partial charge in [-0.15, -0.1) is 21.5 Å². The van der Waals surface area contributed by atoms with E-state index in [2.05, 4.69) is 27.0 Å². The van der Waals surface area contributed by atoms with Gasteiger partial charge in [-0.25, -0.2) is 0 Å². The average Bonchev–Trinajstić information content (AvgIpc) is 3.00. The third kappa shape index (κ3) is 4.23. The summed E-state index contributed by atoms with van der Waals surface area (Å²) < 4.78 is 0.867. The van der Waals surface area contributed by atoms with Crippen LogP contribution >= 0.6 is 46.0 Å². The molecule has 2 atom stereocenters. The topological polar surface area (TPSA) is 54.9 Å². The molecule has 2 heterocycles. The Kier molecular flexibility index (Phi) is 5.08. The lowest BCUT2D eigenvalue weighted by molar-refractivity contribution is -0.117. The zero-order chi connectivity index (χ0) is 17.2. The van der Waals surface area contributed by atoms with Gasteiger partial charge in [0, 0.05) is 21.6 Å². The summed E-state index contributed by atoms with van der Waals surface area (Å²) in [4.78, 5) is 13.7. The van der Waals surface area contributed by atoms with E-state index in [0.717, 1.165) is 22.1 Å². The number of aromatic nitrogens is 2. The summed E-state index contributed by atoms with van der Waals surface area (Å²) in [7, 11) is 0. The van der Waals surface area contributed by atoms with Crippen molar-refractivity contribution < 1.29 is 4.79 Å². The Morgan fingerprint density at radius 1 is 1.32 bits per heavy atom. The van der Waals surface area contributed by atoms with Crippen molar-refractivity contribution in [3.8, 4) is 0 Å². The van der Waals surface area contributed by atoms with Crippen molar-refractivity contribution in [3.63, 3.8) is 0 Å². The minimum Gasteiger partial charge on any atom is -0.300 e. The van der Waals surface area contributed by atoms with Gasteiger partial charge in [0.05, 0.1) is 0 Å². The Labute approximate surface area is 162 Å². The number of hydrogen-bond acceptors (Lipinski definition) is 6. The molecule has 2 aromatic heterocycles. The quantitative estimate of drug-likeness (QED) is 0.445. The first kappa shape index (κ1) is 17.0. The maximum atomic E-state index is 12.4. The highest BCUT2D eigenvalue weighted by atomic mass is 35.5. The van der Waals surface area contributed by atoms with Crippen molar-refractivity contribution >= 4 is 57.1 Å². The number of hydrogen-bond donors (Lipinski definition) is 1. The molecule has 3 aromatic rings. The third-order valence-corrected chi connectivity index (χ3v) is 7.27. The maximum absolute atomic E-state index is 12.4. The summed E-state index contributed by atoms with van der Waals surface area (Å²) in [6.07, 6.45) is 0.852. The molecule has 4 rings (SSSR count). The number of thiophene rings is 1. The molecule has 8 heteroatoms. The lowest BCUT2D eigenvalue weighted by atomic mass is 10.1. The van der Waals surface area contributed by atoms with Gasteiger partial charge in [-0.2, -0.15) is 0 Å². The van der Waals surface area contributed by atoms with E-state index < -0.39 is 0 Å². The molecule has 1 aromatic carbocycles. The van der Waals surface area contributed by atoms with Crippen LogP contribution in [0.2, 0.25) is 5.02 Å². The number of benzene rings is 1.